The van der Waals surface area contributed by atoms with E-state index in [4.69, 9.17) is 5.11 Å². The van der Waals surface area contributed by atoms with E-state index in [2.05, 4.69) is 0 Å². The van der Waals surface area contributed by atoms with Gasteiger partial charge < -0.3 is 10.0 Å². The minimum atomic E-state index is -4.33. The molecule has 2 aliphatic rings. The molecule has 0 saturated carbocycles. The van der Waals surface area contributed by atoms with Crippen molar-refractivity contribution < 1.29 is 23.1 Å². The second-order valence-electron chi connectivity index (χ2n) is 5.69. The minimum Gasteiger partial charge on any atom is -0.396 e. The lowest BCUT2D eigenvalue weighted by atomic mass is 9.94. The Labute approximate surface area is 116 Å². The highest BCUT2D eigenvalue weighted by Gasteiger charge is 2.42. The van der Waals surface area contributed by atoms with E-state index in [9.17, 15) is 18.0 Å². The Morgan fingerprint density at radius 2 is 2.00 bits per heavy atom. The lowest BCUT2D eigenvalue weighted by Crippen LogP contribution is -2.47. The van der Waals surface area contributed by atoms with Crippen molar-refractivity contribution in [3.05, 3.63) is 0 Å². The fourth-order valence-corrected chi connectivity index (χ4v) is 3.23. The van der Waals surface area contributed by atoms with E-state index in [0.29, 0.717) is 25.3 Å². The van der Waals surface area contributed by atoms with Crippen molar-refractivity contribution in [1.29, 1.82) is 0 Å². The Hall–Kier alpha value is -0.820. The first-order chi connectivity index (χ1) is 9.40. The molecule has 1 N–H and O–H groups in total. The molecule has 0 aliphatic carbocycles. The molecular formula is C13H21F3N2O2. The van der Waals surface area contributed by atoms with Crippen LogP contribution >= 0.6 is 0 Å². The summed E-state index contributed by atoms with van der Waals surface area (Å²) in [5.74, 6) is -0.0508. The summed E-state index contributed by atoms with van der Waals surface area (Å²) in [6.45, 7) is 0.632. The lowest BCUT2D eigenvalue weighted by molar-refractivity contribution is -0.159. The molecule has 4 nitrogen and oxygen atoms in total. The maximum absolute atomic E-state index is 12.4. The fraction of sp³-hybridized carbons (Fsp3) is 0.923. The van der Waals surface area contributed by atoms with Gasteiger partial charge in [0, 0.05) is 19.7 Å². The molecule has 0 bridgehead atoms. The van der Waals surface area contributed by atoms with Crippen molar-refractivity contribution in [3.63, 3.8) is 0 Å². The predicted molar refractivity (Wildman–Crippen MR) is 67.0 cm³/mol. The molecule has 2 rings (SSSR count). The summed E-state index contributed by atoms with van der Waals surface area (Å²) in [7, 11) is 0. The van der Waals surface area contributed by atoms with Crippen molar-refractivity contribution >= 4 is 5.91 Å². The number of hydrogen-bond acceptors (Lipinski definition) is 3. The molecule has 2 atom stereocenters. The van der Waals surface area contributed by atoms with Gasteiger partial charge in [-0.05, 0) is 38.1 Å². The Morgan fingerprint density at radius 1 is 1.25 bits per heavy atom. The third-order valence-corrected chi connectivity index (χ3v) is 4.17. The number of amides is 1. The predicted octanol–water partition coefficient (Wildman–Crippen LogP) is 1.24. The maximum Gasteiger partial charge on any atom is 0.406 e. The summed E-state index contributed by atoms with van der Waals surface area (Å²) in [5, 5.41) is 8.97. The molecule has 1 amide bonds. The number of carbonyl (C=O) groups excluding carboxylic acids is 1. The molecule has 116 valence electrons. The van der Waals surface area contributed by atoms with Crippen LogP contribution < -0.4 is 0 Å². The second-order valence-corrected chi connectivity index (χ2v) is 5.69. The number of halogens is 3. The SMILES string of the molecule is O=C1[C@@H](N2CCC[C@H](CCO)C2)CCN1CC(F)(F)F. The first-order valence-electron chi connectivity index (χ1n) is 7.11. The quantitative estimate of drug-likeness (QED) is 0.848. The van der Waals surface area contributed by atoms with E-state index in [1.807, 2.05) is 4.90 Å². The van der Waals surface area contributed by atoms with Gasteiger partial charge in [-0.25, -0.2) is 0 Å². The van der Waals surface area contributed by atoms with E-state index >= 15 is 0 Å². The zero-order valence-electron chi connectivity index (χ0n) is 11.4. The topological polar surface area (TPSA) is 43.8 Å². The van der Waals surface area contributed by atoms with E-state index in [-0.39, 0.29) is 13.2 Å². The van der Waals surface area contributed by atoms with Gasteiger partial charge in [-0.2, -0.15) is 13.2 Å². The number of alkyl halides is 3. The molecule has 2 aliphatic heterocycles. The third kappa shape index (κ3) is 3.85. The van der Waals surface area contributed by atoms with Crippen molar-refractivity contribution in [2.75, 3.05) is 32.8 Å². The van der Waals surface area contributed by atoms with Crippen LogP contribution in [-0.2, 0) is 4.79 Å². The van der Waals surface area contributed by atoms with Crippen LogP contribution in [0.3, 0.4) is 0 Å². The number of aliphatic hydroxyl groups is 1. The van der Waals surface area contributed by atoms with E-state index in [1.165, 1.54) is 0 Å². The molecule has 0 radical (unpaired) electrons. The van der Waals surface area contributed by atoms with Crippen molar-refractivity contribution in [2.24, 2.45) is 5.92 Å². The van der Waals surface area contributed by atoms with Crippen LogP contribution in [0, 0.1) is 5.92 Å². The number of piperidine rings is 1. The van der Waals surface area contributed by atoms with Crippen LogP contribution in [0.25, 0.3) is 0 Å². The van der Waals surface area contributed by atoms with E-state index in [0.717, 1.165) is 24.3 Å². The van der Waals surface area contributed by atoms with Gasteiger partial charge in [0.2, 0.25) is 5.91 Å². The lowest BCUT2D eigenvalue weighted by Gasteiger charge is -2.35. The van der Waals surface area contributed by atoms with Gasteiger partial charge >= 0.3 is 6.18 Å². The Morgan fingerprint density at radius 3 is 2.65 bits per heavy atom. The smallest absolute Gasteiger partial charge is 0.396 e. The number of carbonyl (C=O) groups is 1. The molecule has 0 aromatic carbocycles. The molecule has 2 fully saturated rings. The Bertz CT molecular complexity index is 347. The molecule has 0 spiro atoms. The molecule has 20 heavy (non-hydrogen) atoms. The van der Waals surface area contributed by atoms with Gasteiger partial charge in [-0.1, -0.05) is 0 Å². The normalized spacial score (nSPS) is 29.2. The van der Waals surface area contributed by atoms with Gasteiger partial charge in [-0.15, -0.1) is 0 Å². The van der Waals surface area contributed by atoms with Crippen molar-refractivity contribution in [1.82, 2.24) is 9.80 Å². The van der Waals surface area contributed by atoms with Crippen LogP contribution in [0.5, 0.6) is 0 Å². The Balaban J connectivity index is 1.91. The molecule has 0 aromatic rings. The molecule has 7 heteroatoms. The van der Waals surface area contributed by atoms with Crippen molar-refractivity contribution in [2.45, 2.75) is 37.9 Å². The molecular weight excluding hydrogens is 273 g/mol. The van der Waals surface area contributed by atoms with Crippen LogP contribution in [0.1, 0.15) is 25.7 Å². The first-order valence-corrected chi connectivity index (χ1v) is 7.11. The fourth-order valence-electron chi connectivity index (χ4n) is 3.23. The summed E-state index contributed by atoms with van der Waals surface area (Å²) < 4.78 is 37.1. The monoisotopic (exact) mass is 294 g/mol. The minimum absolute atomic E-state index is 0.122. The summed E-state index contributed by atoms with van der Waals surface area (Å²) in [4.78, 5) is 15.0. The summed E-state index contributed by atoms with van der Waals surface area (Å²) in [6, 6.07) is -0.404. The van der Waals surface area contributed by atoms with Crippen molar-refractivity contribution in [3.8, 4) is 0 Å². The van der Waals surface area contributed by atoms with Crippen LogP contribution in [-0.4, -0.2) is 65.8 Å². The molecule has 0 aromatic heterocycles. The van der Waals surface area contributed by atoms with Gasteiger partial charge in [0.25, 0.3) is 0 Å². The number of nitrogens with zero attached hydrogens (tertiary/aromatic N) is 2. The molecule has 0 unspecified atom stereocenters. The number of rotatable bonds is 4. The number of likely N-dealkylation sites (tertiary alicyclic amines) is 2. The summed E-state index contributed by atoms with van der Waals surface area (Å²) in [6.07, 6.45) is -1.20. The zero-order valence-corrected chi connectivity index (χ0v) is 11.4. The standard InChI is InChI=1S/C13H21F3N2O2/c14-13(15,16)9-18-6-3-11(12(18)20)17-5-1-2-10(8-17)4-7-19/h10-11,19H,1-9H2/t10-,11+/m1/s1. The van der Waals surface area contributed by atoms with Gasteiger partial charge in [0.05, 0.1) is 6.04 Å². The number of aliphatic hydroxyl groups excluding tert-OH is 1. The highest BCUT2D eigenvalue weighted by Crippen LogP contribution is 2.27. The average molecular weight is 294 g/mol. The van der Waals surface area contributed by atoms with Gasteiger partial charge in [-0.3, -0.25) is 9.69 Å². The van der Waals surface area contributed by atoms with Gasteiger partial charge in [0.15, 0.2) is 0 Å². The molecule has 2 heterocycles. The van der Waals surface area contributed by atoms with Gasteiger partial charge in [0.1, 0.15) is 6.54 Å². The highest BCUT2D eigenvalue weighted by atomic mass is 19.4. The Kier molecular flexibility index (Phi) is 4.90. The molecule has 2 saturated heterocycles. The van der Waals surface area contributed by atoms with E-state index < -0.39 is 24.7 Å². The largest absolute Gasteiger partial charge is 0.406 e. The zero-order chi connectivity index (χ0) is 14.8. The third-order valence-electron chi connectivity index (χ3n) is 4.17. The maximum atomic E-state index is 12.4. The summed E-state index contributed by atoms with van der Waals surface area (Å²) in [5.41, 5.74) is 0. The van der Waals surface area contributed by atoms with Crippen LogP contribution in [0.15, 0.2) is 0 Å². The number of hydrogen-bond donors (Lipinski definition) is 1. The second kappa shape index (κ2) is 6.30. The first kappa shape index (κ1) is 15.6. The van der Waals surface area contributed by atoms with E-state index in [1.54, 1.807) is 0 Å². The van der Waals surface area contributed by atoms with Crippen LogP contribution in [0.2, 0.25) is 0 Å². The van der Waals surface area contributed by atoms with Crippen LogP contribution in [0.4, 0.5) is 13.2 Å². The summed E-state index contributed by atoms with van der Waals surface area (Å²) >= 11 is 0. The average Bonchev–Trinajstić information content (AvgIpc) is 2.70. The highest BCUT2D eigenvalue weighted by molar-refractivity contribution is 5.84.